The van der Waals surface area contributed by atoms with Crippen molar-refractivity contribution in [3.05, 3.63) is 11.9 Å². The van der Waals surface area contributed by atoms with Crippen LogP contribution in [-0.2, 0) is 11.3 Å². The fraction of sp³-hybridized carbons (Fsp3) is 0.692. The molecule has 0 aromatic carbocycles. The number of aryl methyl sites for hydroxylation is 1. The van der Waals surface area contributed by atoms with Crippen LogP contribution in [0.25, 0.3) is 0 Å². The highest BCUT2D eigenvalue weighted by Gasteiger charge is 2.20. The van der Waals surface area contributed by atoms with E-state index in [2.05, 4.69) is 10.3 Å². The molecule has 1 aromatic heterocycles. The molecule has 0 bridgehead atoms. The number of likely N-dealkylation sites (N-methyl/N-ethyl adjacent to an activating group) is 1. The van der Waals surface area contributed by atoms with E-state index in [4.69, 9.17) is 4.74 Å². The van der Waals surface area contributed by atoms with Crippen LogP contribution in [0.2, 0.25) is 0 Å². The number of nitrogens with zero attached hydrogens (tertiary/aromatic N) is 3. The molecule has 1 aromatic rings. The number of anilines is 1. The zero-order chi connectivity index (χ0) is 13.7. The molecule has 19 heavy (non-hydrogen) atoms. The van der Waals surface area contributed by atoms with Crippen LogP contribution < -0.4 is 5.32 Å². The second-order valence-electron chi connectivity index (χ2n) is 4.51. The van der Waals surface area contributed by atoms with Gasteiger partial charge in [0.2, 0.25) is 5.95 Å². The summed E-state index contributed by atoms with van der Waals surface area (Å²) in [4.78, 5) is 18.5. The predicted molar refractivity (Wildman–Crippen MR) is 73.4 cm³/mol. The molecule has 106 valence electrons. The summed E-state index contributed by atoms with van der Waals surface area (Å²) in [7, 11) is 0. The predicted octanol–water partition coefficient (Wildman–Crippen LogP) is 1.20. The Kier molecular flexibility index (Phi) is 4.79. The standard InChI is InChI=1S/C13H22N4O2/c1-3-16(8-9-19-4-2)12(18)11-10-17-7-5-6-14-13(17)15-11/h10H,3-9H2,1-2H3,(H,14,15). The van der Waals surface area contributed by atoms with Crippen LogP contribution in [0.15, 0.2) is 6.20 Å². The Hall–Kier alpha value is -1.56. The molecule has 1 amide bonds. The third kappa shape index (κ3) is 3.26. The molecule has 0 fully saturated rings. The van der Waals surface area contributed by atoms with Gasteiger partial charge in [-0.2, -0.15) is 0 Å². The number of carbonyl (C=O) groups excluding carboxylic acids is 1. The minimum absolute atomic E-state index is 0.0223. The summed E-state index contributed by atoms with van der Waals surface area (Å²) >= 11 is 0. The minimum Gasteiger partial charge on any atom is -0.380 e. The summed E-state index contributed by atoms with van der Waals surface area (Å²) < 4.78 is 7.31. The SMILES string of the molecule is CCOCCN(CC)C(=O)c1cn2c(n1)NCCC2. The molecule has 0 saturated heterocycles. The van der Waals surface area contributed by atoms with Gasteiger partial charge in [0.1, 0.15) is 5.69 Å². The molecular weight excluding hydrogens is 244 g/mol. The highest BCUT2D eigenvalue weighted by molar-refractivity contribution is 5.92. The van der Waals surface area contributed by atoms with Crippen molar-refractivity contribution < 1.29 is 9.53 Å². The van der Waals surface area contributed by atoms with Gasteiger partial charge in [0, 0.05) is 39.0 Å². The Morgan fingerprint density at radius 2 is 2.42 bits per heavy atom. The quantitative estimate of drug-likeness (QED) is 0.786. The highest BCUT2D eigenvalue weighted by atomic mass is 16.5. The topological polar surface area (TPSA) is 59.4 Å². The molecule has 2 heterocycles. The molecule has 1 N–H and O–H groups in total. The second kappa shape index (κ2) is 6.56. The first-order valence-electron chi connectivity index (χ1n) is 6.94. The van der Waals surface area contributed by atoms with Crippen molar-refractivity contribution in [2.24, 2.45) is 0 Å². The molecule has 0 saturated carbocycles. The number of hydrogen-bond acceptors (Lipinski definition) is 4. The van der Waals surface area contributed by atoms with Crippen LogP contribution in [0.1, 0.15) is 30.8 Å². The molecule has 2 rings (SSSR count). The van der Waals surface area contributed by atoms with Crippen LogP contribution in [0.5, 0.6) is 0 Å². The molecule has 0 atom stereocenters. The lowest BCUT2D eigenvalue weighted by molar-refractivity contribution is 0.0664. The van der Waals surface area contributed by atoms with E-state index in [1.54, 1.807) is 4.90 Å². The van der Waals surface area contributed by atoms with E-state index in [0.717, 1.165) is 25.5 Å². The lowest BCUT2D eigenvalue weighted by Crippen LogP contribution is -2.34. The maximum absolute atomic E-state index is 12.4. The molecule has 1 aliphatic heterocycles. The minimum atomic E-state index is -0.0223. The van der Waals surface area contributed by atoms with Gasteiger partial charge in [-0.3, -0.25) is 4.79 Å². The second-order valence-corrected chi connectivity index (χ2v) is 4.51. The van der Waals surface area contributed by atoms with E-state index in [-0.39, 0.29) is 5.91 Å². The molecule has 0 spiro atoms. The van der Waals surface area contributed by atoms with Crippen LogP contribution in [0, 0.1) is 0 Å². The third-order valence-corrected chi connectivity index (χ3v) is 3.23. The Labute approximate surface area is 113 Å². The summed E-state index contributed by atoms with van der Waals surface area (Å²) in [6.45, 7) is 8.29. The molecule has 1 aliphatic rings. The number of amides is 1. The van der Waals surface area contributed by atoms with Crippen molar-refractivity contribution in [2.45, 2.75) is 26.8 Å². The molecule has 0 unspecified atom stereocenters. The number of aromatic nitrogens is 2. The Morgan fingerprint density at radius 3 is 3.11 bits per heavy atom. The van der Waals surface area contributed by atoms with Gasteiger partial charge in [-0.05, 0) is 20.3 Å². The lowest BCUT2D eigenvalue weighted by atomic mass is 10.3. The van der Waals surface area contributed by atoms with Crippen LogP contribution in [0.3, 0.4) is 0 Å². The van der Waals surface area contributed by atoms with Crippen molar-refractivity contribution >= 4 is 11.9 Å². The normalized spacial score (nSPS) is 13.8. The third-order valence-electron chi connectivity index (χ3n) is 3.23. The van der Waals surface area contributed by atoms with Crippen molar-refractivity contribution in [1.82, 2.24) is 14.5 Å². The molecular formula is C13H22N4O2. The maximum atomic E-state index is 12.4. The van der Waals surface area contributed by atoms with Gasteiger partial charge in [-0.1, -0.05) is 0 Å². The fourth-order valence-corrected chi connectivity index (χ4v) is 2.16. The molecule has 0 aliphatic carbocycles. The zero-order valence-electron chi connectivity index (χ0n) is 11.7. The van der Waals surface area contributed by atoms with Gasteiger partial charge < -0.3 is 19.5 Å². The van der Waals surface area contributed by atoms with Crippen LogP contribution in [0.4, 0.5) is 5.95 Å². The van der Waals surface area contributed by atoms with Gasteiger partial charge >= 0.3 is 0 Å². The number of rotatable bonds is 6. The number of imidazole rings is 1. The van der Waals surface area contributed by atoms with E-state index in [9.17, 15) is 4.79 Å². The van der Waals surface area contributed by atoms with Crippen molar-refractivity contribution in [3.63, 3.8) is 0 Å². The zero-order valence-corrected chi connectivity index (χ0v) is 11.7. The first-order valence-corrected chi connectivity index (χ1v) is 6.94. The lowest BCUT2D eigenvalue weighted by Gasteiger charge is -2.19. The van der Waals surface area contributed by atoms with E-state index in [1.807, 2.05) is 24.6 Å². The summed E-state index contributed by atoms with van der Waals surface area (Å²) in [5.74, 6) is 0.779. The monoisotopic (exact) mass is 266 g/mol. The number of ether oxygens (including phenoxy) is 1. The highest BCUT2D eigenvalue weighted by Crippen LogP contribution is 2.15. The van der Waals surface area contributed by atoms with Gasteiger partial charge in [0.15, 0.2) is 0 Å². The Morgan fingerprint density at radius 1 is 1.58 bits per heavy atom. The molecule has 6 nitrogen and oxygen atoms in total. The van der Waals surface area contributed by atoms with E-state index in [0.29, 0.717) is 32.0 Å². The van der Waals surface area contributed by atoms with Gasteiger partial charge in [0.25, 0.3) is 5.91 Å². The van der Waals surface area contributed by atoms with E-state index >= 15 is 0 Å². The van der Waals surface area contributed by atoms with Gasteiger partial charge in [-0.15, -0.1) is 0 Å². The Bertz CT molecular complexity index is 407. The van der Waals surface area contributed by atoms with Crippen molar-refractivity contribution in [1.29, 1.82) is 0 Å². The molecule has 6 heteroatoms. The Balaban J connectivity index is 2.02. The summed E-state index contributed by atoms with van der Waals surface area (Å²) in [6, 6.07) is 0. The van der Waals surface area contributed by atoms with Crippen LogP contribution in [-0.4, -0.2) is 53.2 Å². The van der Waals surface area contributed by atoms with E-state index < -0.39 is 0 Å². The van der Waals surface area contributed by atoms with Gasteiger partial charge in [0.05, 0.1) is 6.61 Å². The fourth-order valence-electron chi connectivity index (χ4n) is 2.16. The first kappa shape index (κ1) is 13.9. The van der Waals surface area contributed by atoms with E-state index in [1.165, 1.54) is 0 Å². The number of nitrogens with one attached hydrogen (secondary N) is 1. The average Bonchev–Trinajstić information content (AvgIpc) is 2.87. The van der Waals surface area contributed by atoms with Gasteiger partial charge in [-0.25, -0.2) is 4.98 Å². The summed E-state index contributed by atoms with van der Waals surface area (Å²) in [5, 5.41) is 3.20. The number of hydrogen-bond donors (Lipinski definition) is 1. The average molecular weight is 266 g/mol. The summed E-state index contributed by atoms with van der Waals surface area (Å²) in [6.07, 6.45) is 2.91. The maximum Gasteiger partial charge on any atom is 0.274 e. The molecule has 0 radical (unpaired) electrons. The summed E-state index contributed by atoms with van der Waals surface area (Å²) in [5.41, 5.74) is 0.516. The van der Waals surface area contributed by atoms with Crippen LogP contribution >= 0.6 is 0 Å². The van der Waals surface area contributed by atoms with Crippen molar-refractivity contribution in [3.8, 4) is 0 Å². The number of carbonyl (C=O) groups is 1. The van der Waals surface area contributed by atoms with Crippen molar-refractivity contribution in [2.75, 3.05) is 38.2 Å². The first-order chi connectivity index (χ1) is 9.26. The number of fused-ring (bicyclic) bond motifs is 1. The largest absolute Gasteiger partial charge is 0.380 e. The smallest absolute Gasteiger partial charge is 0.274 e.